The van der Waals surface area contributed by atoms with Crippen LogP contribution >= 0.6 is 0 Å². The predicted molar refractivity (Wildman–Crippen MR) is 46.1 cm³/mol. The zero-order chi connectivity index (χ0) is 7.52. The minimum Gasteiger partial charge on any atom is -0.367 e. The van der Waals surface area contributed by atoms with Gasteiger partial charge in [-0.25, -0.2) is 0 Å². The zero-order valence-corrected chi connectivity index (χ0v) is 5.99. The van der Waals surface area contributed by atoms with Crippen molar-refractivity contribution < 1.29 is 0 Å². The molecule has 2 aliphatic rings. The van der Waals surface area contributed by atoms with E-state index in [1.807, 2.05) is 36.8 Å². The van der Waals surface area contributed by atoms with Gasteiger partial charge in [0.2, 0.25) is 0 Å². The van der Waals surface area contributed by atoms with Gasteiger partial charge in [0, 0.05) is 30.4 Å². The van der Waals surface area contributed by atoms with Crippen molar-refractivity contribution in [2.45, 2.75) is 0 Å². The molecular weight excluding hydrogens is 136 g/mol. The maximum atomic E-state index is 4.06. The van der Waals surface area contributed by atoms with E-state index in [0.29, 0.717) is 0 Å². The third-order valence-electron chi connectivity index (χ3n) is 1.59. The number of nitrogens with one attached hydrogen (secondary N) is 1. The SMILES string of the molecule is C1=CN=CC2=CNC=CC2=C1. The summed E-state index contributed by atoms with van der Waals surface area (Å²) >= 11 is 0. The highest BCUT2D eigenvalue weighted by Crippen LogP contribution is 2.13. The molecule has 0 saturated carbocycles. The van der Waals surface area contributed by atoms with Gasteiger partial charge < -0.3 is 5.32 Å². The van der Waals surface area contributed by atoms with Crippen LogP contribution in [0.3, 0.4) is 0 Å². The summed E-state index contributed by atoms with van der Waals surface area (Å²) in [5.74, 6) is 0. The number of fused-ring (bicyclic) bond motifs is 1. The van der Waals surface area contributed by atoms with Gasteiger partial charge in [-0.15, -0.1) is 0 Å². The van der Waals surface area contributed by atoms with Gasteiger partial charge in [-0.1, -0.05) is 6.08 Å². The van der Waals surface area contributed by atoms with Crippen LogP contribution in [-0.2, 0) is 0 Å². The monoisotopic (exact) mass is 144 g/mol. The van der Waals surface area contributed by atoms with Crippen LogP contribution in [0, 0.1) is 0 Å². The Morgan fingerprint density at radius 3 is 3.27 bits per heavy atom. The number of hydrogen-bond acceptors (Lipinski definition) is 2. The summed E-state index contributed by atoms with van der Waals surface area (Å²) in [4.78, 5) is 4.06. The molecule has 0 radical (unpaired) electrons. The summed E-state index contributed by atoms with van der Waals surface area (Å²) in [6.45, 7) is 0. The van der Waals surface area contributed by atoms with Crippen LogP contribution in [0.15, 0.2) is 53.0 Å². The molecule has 0 saturated heterocycles. The van der Waals surface area contributed by atoms with E-state index in [-0.39, 0.29) is 0 Å². The van der Waals surface area contributed by atoms with Crippen molar-refractivity contribution in [2.24, 2.45) is 4.99 Å². The summed E-state index contributed by atoms with van der Waals surface area (Å²) in [6.07, 6.45) is 13.5. The maximum Gasteiger partial charge on any atom is 0.0360 e. The lowest BCUT2D eigenvalue weighted by Gasteiger charge is -2.06. The van der Waals surface area contributed by atoms with E-state index in [2.05, 4.69) is 10.3 Å². The van der Waals surface area contributed by atoms with Gasteiger partial charge in [-0.2, -0.15) is 0 Å². The van der Waals surface area contributed by atoms with Crippen LogP contribution in [0.1, 0.15) is 0 Å². The Balaban J connectivity index is 2.44. The van der Waals surface area contributed by atoms with Crippen molar-refractivity contribution >= 4 is 6.21 Å². The number of dihydropyridines is 1. The fourth-order valence-electron chi connectivity index (χ4n) is 1.04. The summed E-state index contributed by atoms with van der Waals surface area (Å²) < 4.78 is 0. The van der Waals surface area contributed by atoms with Crippen LogP contribution < -0.4 is 5.32 Å². The molecule has 0 unspecified atom stereocenters. The molecule has 0 aromatic rings. The third kappa shape index (κ3) is 1.15. The van der Waals surface area contributed by atoms with E-state index in [9.17, 15) is 0 Å². The second-order valence-electron chi connectivity index (χ2n) is 2.34. The lowest BCUT2D eigenvalue weighted by Crippen LogP contribution is -2.03. The molecule has 11 heavy (non-hydrogen) atoms. The first-order valence-electron chi connectivity index (χ1n) is 3.50. The molecule has 2 nitrogen and oxygen atoms in total. The molecule has 2 heteroatoms. The van der Waals surface area contributed by atoms with Gasteiger partial charge in [0.05, 0.1) is 0 Å². The molecule has 54 valence electrons. The third-order valence-corrected chi connectivity index (χ3v) is 1.59. The van der Waals surface area contributed by atoms with E-state index in [1.54, 1.807) is 6.20 Å². The molecule has 2 heterocycles. The Morgan fingerprint density at radius 1 is 1.27 bits per heavy atom. The highest BCUT2D eigenvalue weighted by atomic mass is 14.8. The summed E-state index contributed by atoms with van der Waals surface area (Å²) in [5, 5.41) is 3.01. The van der Waals surface area contributed by atoms with E-state index in [1.165, 1.54) is 5.57 Å². The first-order chi connectivity index (χ1) is 5.47. The molecule has 0 fully saturated rings. The van der Waals surface area contributed by atoms with E-state index in [4.69, 9.17) is 0 Å². The van der Waals surface area contributed by atoms with Crippen molar-refractivity contribution in [3.05, 3.63) is 48.0 Å². The van der Waals surface area contributed by atoms with Crippen LogP contribution in [-0.4, -0.2) is 6.21 Å². The Morgan fingerprint density at radius 2 is 2.27 bits per heavy atom. The summed E-state index contributed by atoms with van der Waals surface area (Å²) in [7, 11) is 0. The Hall–Kier alpha value is -1.57. The molecule has 0 aliphatic carbocycles. The van der Waals surface area contributed by atoms with Crippen molar-refractivity contribution in [1.82, 2.24) is 5.32 Å². The van der Waals surface area contributed by atoms with Crippen LogP contribution in [0.4, 0.5) is 0 Å². The van der Waals surface area contributed by atoms with E-state index < -0.39 is 0 Å². The highest BCUT2D eigenvalue weighted by Gasteiger charge is 2.02. The van der Waals surface area contributed by atoms with E-state index >= 15 is 0 Å². The van der Waals surface area contributed by atoms with Gasteiger partial charge in [-0.3, -0.25) is 4.99 Å². The van der Waals surface area contributed by atoms with Crippen molar-refractivity contribution in [3.8, 4) is 0 Å². The number of aliphatic imine (C=N–C) groups is 1. The van der Waals surface area contributed by atoms with Gasteiger partial charge in [0.15, 0.2) is 0 Å². The van der Waals surface area contributed by atoms with Gasteiger partial charge in [0.25, 0.3) is 0 Å². The quantitative estimate of drug-likeness (QED) is 0.547. The van der Waals surface area contributed by atoms with Crippen molar-refractivity contribution in [2.75, 3.05) is 0 Å². The number of allylic oxidation sites excluding steroid dienone is 5. The lowest BCUT2D eigenvalue weighted by atomic mass is 10.1. The first-order valence-corrected chi connectivity index (χ1v) is 3.50. The molecule has 1 N–H and O–H groups in total. The molecule has 0 amide bonds. The van der Waals surface area contributed by atoms with Crippen LogP contribution in [0.2, 0.25) is 0 Å². The second kappa shape index (κ2) is 2.58. The molecule has 0 aromatic heterocycles. The van der Waals surface area contributed by atoms with Gasteiger partial charge in [-0.05, 0) is 17.7 Å². The topological polar surface area (TPSA) is 24.4 Å². The number of hydrogen-bond donors (Lipinski definition) is 1. The Kier molecular flexibility index (Phi) is 1.44. The van der Waals surface area contributed by atoms with Crippen LogP contribution in [0.5, 0.6) is 0 Å². The molecule has 0 spiro atoms. The van der Waals surface area contributed by atoms with Crippen molar-refractivity contribution in [1.29, 1.82) is 0 Å². The fraction of sp³-hybridized carbons (Fsp3) is 0. The number of nitrogens with zero attached hydrogens (tertiary/aromatic N) is 1. The van der Waals surface area contributed by atoms with E-state index in [0.717, 1.165) is 5.57 Å². The lowest BCUT2D eigenvalue weighted by molar-refractivity contribution is 1.15. The largest absolute Gasteiger partial charge is 0.367 e. The average molecular weight is 144 g/mol. The fourth-order valence-corrected chi connectivity index (χ4v) is 1.04. The van der Waals surface area contributed by atoms with Crippen molar-refractivity contribution in [3.63, 3.8) is 0 Å². The summed E-state index contributed by atoms with van der Waals surface area (Å²) in [5.41, 5.74) is 2.32. The Labute approximate surface area is 65.3 Å². The van der Waals surface area contributed by atoms with Crippen LogP contribution in [0.25, 0.3) is 0 Å². The minimum atomic E-state index is 1.12. The van der Waals surface area contributed by atoms with Gasteiger partial charge in [0.1, 0.15) is 0 Å². The molecular formula is C9H8N2. The smallest absolute Gasteiger partial charge is 0.0360 e. The molecule has 0 bridgehead atoms. The molecule has 0 aromatic carbocycles. The minimum absolute atomic E-state index is 1.12. The predicted octanol–water partition coefficient (Wildman–Crippen LogP) is 1.51. The first kappa shape index (κ1) is 6.16. The number of rotatable bonds is 0. The molecule has 2 rings (SSSR count). The Bertz CT molecular complexity index is 304. The summed E-state index contributed by atoms with van der Waals surface area (Å²) in [6, 6.07) is 0. The highest BCUT2D eigenvalue weighted by molar-refractivity contribution is 5.87. The molecule has 2 aliphatic heterocycles. The standard InChI is InChI=1S/C9H8N2/c1-2-8-3-5-11-7-9(8)6-10-4-1/h1-7,11H. The zero-order valence-electron chi connectivity index (χ0n) is 5.99. The molecule has 0 atom stereocenters. The average Bonchev–Trinajstić information content (AvgIpc) is 2.28. The van der Waals surface area contributed by atoms with Gasteiger partial charge >= 0.3 is 0 Å². The second-order valence-corrected chi connectivity index (χ2v) is 2.34. The normalized spacial score (nSPS) is 19.6. The maximum absolute atomic E-state index is 4.06.